The topological polar surface area (TPSA) is 56.8 Å². The highest BCUT2D eigenvalue weighted by molar-refractivity contribution is 5.76. The maximum Gasteiger partial charge on any atom is 0.223 e. The zero-order chi connectivity index (χ0) is 19.6. The minimum Gasteiger partial charge on any atom is -0.493 e. The summed E-state index contributed by atoms with van der Waals surface area (Å²) in [6.07, 6.45) is 0.300. The summed E-state index contributed by atoms with van der Waals surface area (Å²) in [7, 11) is 0. The molecular weight excluding hydrogens is 342 g/mol. The quantitative estimate of drug-likeness (QED) is 0.671. The normalized spacial score (nSPS) is 11.6. The van der Waals surface area contributed by atoms with Crippen molar-refractivity contribution in [3.63, 3.8) is 0 Å². The number of nitrogens with one attached hydrogen (secondary N) is 1. The molecule has 27 heavy (non-hydrogen) atoms. The van der Waals surface area contributed by atoms with Gasteiger partial charge < -0.3 is 19.5 Å². The van der Waals surface area contributed by atoms with Crippen LogP contribution in [-0.2, 0) is 4.79 Å². The fourth-order valence-corrected chi connectivity index (χ4v) is 2.71. The van der Waals surface area contributed by atoms with Gasteiger partial charge in [0.15, 0.2) is 11.5 Å². The Kier molecular flexibility index (Phi) is 7.99. The Balaban J connectivity index is 1.89. The highest BCUT2D eigenvalue weighted by Gasteiger charge is 2.13. The smallest absolute Gasteiger partial charge is 0.223 e. The van der Waals surface area contributed by atoms with E-state index in [9.17, 15) is 4.79 Å². The highest BCUT2D eigenvalue weighted by atomic mass is 16.5. The van der Waals surface area contributed by atoms with Crippen LogP contribution in [0.3, 0.4) is 0 Å². The molecule has 2 aromatic rings. The molecule has 1 N–H and O–H groups in total. The number of carbonyl (C=O) groups excluding carboxylic acids is 1. The first-order valence-electron chi connectivity index (χ1n) is 9.42. The molecule has 146 valence electrons. The van der Waals surface area contributed by atoms with E-state index >= 15 is 0 Å². The number of hydrogen-bond acceptors (Lipinski definition) is 4. The average molecular weight is 371 g/mol. The van der Waals surface area contributed by atoms with Gasteiger partial charge in [-0.15, -0.1) is 0 Å². The Bertz CT molecular complexity index is 745. The molecule has 0 fully saturated rings. The van der Waals surface area contributed by atoms with E-state index in [-0.39, 0.29) is 11.9 Å². The molecule has 0 saturated heterocycles. The van der Waals surface area contributed by atoms with Crippen LogP contribution in [0, 0.1) is 6.92 Å². The Labute approximate surface area is 161 Å². The van der Waals surface area contributed by atoms with E-state index in [1.54, 1.807) is 0 Å². The van der Waals surface area contributed by atoms with Crippen LogP contribution in [0.4, 0.5) is 0 Å². The molecule has 0 saturated carbocycles. The standard InChI is InChI=1S/C22H29NO4/c1-5-25-20-12-11-18(15-21(20)26-6-2)17(4)23-22(24)13-14-27-19-10-8-7-9-16(19)3/h7-12,15,17H,5-6,13-14H2,1-4H3,(H,23,24)/t17-/m0/s1. The molecule has 1 amide bonds. The van der Waals surface area contributed by atoms with Gasteiger partial charge in [-0.25, -0.2) is 0 Å². The van der Waals surface area contributed by atoms with Crippen molar-refractivity contribution < 1.29 is 19.0 Å². The first kappa shape index (κ1) is 20.6. The first-order valence-corrected chi connectivity index (χ1v) is 9.42. The van der Waals surface area contributed by atoms with Gasteiger partial charge in [0.1, 0.15) is 5.75 Å². The molecule has 0 radical (unpaired) electrons. The van der Waals surface area contributed by atoms with E-state index in [4.69, 9.17) is 14.2 Å². The maximum absolute atomic E-state index is 12.2. The minimum absolute atomic E-state index is 0.0528. The van der Waals surface area contributed by atoms with Crippen LogP contribution in [0.15, 0.2) is 42.5 Å². The largest absolute Gasteiger partial charge is 0.493 e. The van der Waals surface area contributed by atoms with Crippen molar-refractivity contribution in [1.29, 1.82) is 0 Å². The summed E-state index contributed by atoms with van der Waals surface area (Å²) < 4.78 is 16.9. The molecule has 0 aromatic heterocycles. The predicted molar refractivity (Wildman–Crippen MR) is 107 cm³/mol. The number of aryl methyl sites for hydroxylation is 1. The van der Waals surface area contributed by atoms with E-state index in [1.165, 1.54) is 0 Å². The summed E-state index contributed by atoms with van der Waals surface area (Å²) in [5.41, 5.74) is 2.03. The van der Waals surface area contributed by atoms with Gasteiger partial charge in [0.2, 0.25) is 5.91 Å². The minimum atomic E-state index is -0.133. The van der Waals surface area contributed by atoms with Crippen LogP contribution in [0.2, 0.25) is 0 Å². The molecule has 0 heterocycles. The molecule has 2 rings (SSSR count). The van der Waals surface area contributed by atoms with Gasteiger partial charge >= 0.3 is 0 Å². The zero-order valence-electron chi connectivity index (χ0n) is 16.6. The van der Waals surface area contributed by atoms with Gasteiger partial charge in [-0.3, -0.25) is 4.79 Å². The number of carbonyl (C=O) groups is 1. The zero-order valence-corrected chi connectivity index (χ0v) is 16.6. The lowest BCUT2D eigenvalue weighted by atomic mass is 10.1. The van der Waals surface area contributed by atoms with E-state index < -0.39 is 0 Å². The van der Waals surface area contributed by atoms with Crippen molar-refractivity contribution in [2.75, 3.05) is 19.8 Å². The molecule has 1 atom stereocenters. The SMILES string of the molecule is CCOc1ccc([C@H](C)NC(=O)CCOc2ccccc2C)cc1OCC. The molecule has 0 aliphatic rings. The van der Waals surface area contributed by atoms with Crippen molar-refractivity contribution >= 4 is 5.91 Å². The number of benzene rings is 2. The number of rotatable bonds is 10. The van der Waals surface area contributed by atoms with Crippen molar-refractivity contribution in [3.8, 4) is 17.2 Å². The molecule has 0 aliphatic heterocycles. The second kappa shape index (κ2) is 10.5. The van der Waals surface area contributed by atoms with E-state index in [1.807, 2.05) is 70.2 Å². The highest BCUT2D eigenvalue weighted by Crippen LogP contribution is 2.30. The van der Waals surface area contributed by atoms with Gasteiger partial charge in [-0.05, 0) is 57.0 Å². The van der Waals surface area contributed by atoms with E-state index in [0.29, 0.717) is 37.7 Å². The molecular formula is C22H29NO4. The number of hydrogen-bond donors (Lipinski definition) is 1. The molecule has 0 spiro atoms. The lowest BCUT2D eigenvalue weighted by Crippen LogP contribution is -2.28. The molecule has 5 heteroatoms. The Morgan fingerprint density at radius 3 is 2.37 bits per heavy atom. The summed E-state index contributed by atoms with van der Waals surface area (Å²) in [6, 6.07) is 13.4. The molecule has 0 aliphatic carbocycles. The van der Waals surface area contributed by atoms with Crippen LogP contribution in [0.1, 0.15) is 44.4 Å². The third kappa shape index (κ3) is 6.20. The Morgan fingerprint density at radius 1 is 0.963 bits per heavy atom. The molecule has 5 nitrogen and oxygen atoms in total. The average Bonchev–Trinajstić information content (AvgIpc) is 2.65. The summed E-state index contributed by atoms with van der Waals surface area (Å²) in [6.45, 7) is 9.28. The fraction of sp³-hybridized carbons (Fsp3) is 0.409. The van der Waals surface area contributed by atoms with E-state index in [2.05, 4.69) is 5.32 Å². The number of amides is 1. The monoisotopic (exact) mass is 371 g/mol. The van der Waals surface area contributed by atoms with Gasteiger partial charge in [-0.2, -0.15) is 0 Å². The van der Waals surface area contributed by atoms with Crippen molar-refractivity contribution in [1.82, 2.24) is 5.32 Å². The van der Waals surface area contributed by atoms with Gasteiger partial charge in [0.25, 0.3) is 0 Å². The van der Waals surface area contributed by atoms with Crippen molar-refractivity contribution in [3.05, 3.63) is 53.6 Å². The fourth-order valence-electron chi connectivity index (χ4n) is 2.71. The van der Waals surface area contributed by atoms with E-state index in [0.717, 1.165) is 16.9 Å². The predicted octanol–water partition coefficient (Wildman–Crippen LogP) is 4.44. The summed E-state index contributed by atoms with van der Waals surface area (Å²) in [5.74, 6) is 2.17. The van der Waals surface area contributed by atoms with Crippen LogP contribution >= 0.6 is 0 Å². The van der Waals surface area contributed by atoms with Crippen LogP contribution < -0.4 is 19.5 Å². The first-order chi connectivity index (χ1) is 13.0. The van der Waals surface area contributed by atoms with Gasteiger partial charge in [0, 0.05) is 0 Å². The maximum atomic E-state index is 12.2. The van der Waals surface area contributed by atoms with Gasteiger partial charge in [0.05, 0.1) is 32.3 Å². The Hall–Kier alpha value is -2.69. The van der Waals surface area contributed by atoms with Crippen molar-refractivity contribution in [2.24, 2.45) is 0 Å². The Morgan fingerprint density at radius 2 is 1.67 bits per heavy atom. The summed E-state index contributed by atoms with van der Waals surface area (Å²) in [5, 5.41) is 3.00. The van der Waals surface area contributed by atoms with Gasteiger partial charge in [-0.1, -0.05) is 24.3 Å². The van der Waals surface area contributed by atoms with Crippen LogP contribution in [0.25, 0.3) is 0 Å². The summed E-state index contributed by atoms with van der Waals surface area (Å²) >= 11 is 0. The number of ether oxygens (including phenoxy) is 3. The lowest BCUT2D eigenvalue weighted by Gasteiger charge is -2.18. The molecule has 0 unspecified atom stereocenters. The number of para-hydroxylation sites is 1. The third-order valence-electron chi connectivity index (χ3n) is 4.13. The van der Waals surface area contributed by atoms with Crippen molar-refractivity contribution in [2.45, 2.75) is 40.2 Å². The second-order valence-corrected chi connectivity index (χ2v) is 6.23. The molecule has 2 aromatic carbocycles. The second-order valence-electron chi connectivity index (χ2n) is 6.23. The lowest BCUT2D eigenvalue weighted by molar-refractivity contribution is -0.122. The van der Waals surface area contributed by atoms with Crippen LogP contribution in [0.5, 0.6) is 17.2 Å². The third-order valence-corrected chi connectivity index (χ3v) is 4.13. The van der Waals surface area contributed by atoms with Crippen LogP contribution in [-0.4, -0.2) is 25.7 Å². The summed E-state index contributed by atoms with van der Waals surface area (Å²) in [4.78, 5) is 12.2. The molecule has 0 bridgehead atoms.